The van der Waals surface area contributed by atoms with Gasteiger partial charge in [-0.25, -0.2) is 9.78 Å². The number of carbonyl (C=O) groups is 1. The molecule has 1 aliphatic rings. The standard InChI is InChI=1S/C21H25N3O3S2/c1-20(2)10-11-14(18(25)27-6)17(29-16(11)21(3,4)24-20)23-19-22-15-12(26-5)8-7-9-13(15)28-19/h7-9,24H,10H2,1-6H3,(H,22,23). The Labute approximate surface area is 178 Å². The number of carbonyl (C=O) groups excluding carboxylic acids is 1. The molecule has 1 aromatic carbocycles. The third-order valence-corrected chi connectivity index (χ3v) is 7.46. The van der Waals surface area contributed by atoms with Crippen molar-refractivity contribution in [3.8, 4) is 5.75 Å². The molecule has 0 aliphatic carbocycles. The number of hydrogen-bond donors (Lipinski definition) is 2. The van der Waals surface area contributed by atoms with Crippen molar-refractivity contribution in [3.63, 3.8) is 0 Å². The minimum Gasteiger partial charge on any atom is -0.494 e. The van der Waals surface area contributed by atoms with Gasteiger partial charge in [0.15, 0.2) is 5.13 Å². The van der Waals surface area contributed by atoms with E-state index in [0.717, 1.165) is 43.0 Å². The Morgan fingerprint density at radius 1 is 1.21 bits per heavy atom. The minimum atomic E-state index is -0.322. The number of ether oxygens (including phenoxy) is 2. The minimum absolute atomic E-state index is 0.124. The van der Waals surface area contributed by atoms with Crippen LogP contribution in [-0.2, 0) is 16.7 Å². The third kappa shape index (κ3) is 3.49. The van der Waals surface area contributed by atoms with Crippen LogP contribution in [0.5, 0.6) is 5.75 Å². The van der Waals surface area contributed by atoms with Crippen molar-refractivity contribution in [2.45, 2.75) is 45.2 Å². The SMILES string of the molecule is COC(=O)c1c(Nc2nc3c(OC)cccc3s2)sc2c1CC(C)(C)NC2(C)C. The van der Waals surface area contributed by atoms with Gasteiger partial charge in [0.2, 0.25) is 0 Å². The molecular weight excluding hydrogens is 406 g/mol. The molecule has 154 valence electrons. The van der Waals surface area contributed by atoms with Crippen LogP contribution >= 0.6 is 22.7 Å². The molecule has 6 nitrogen and oxygen atoms in total. The van der Waals surface area contributed by atoms with Gasteiger partial charge < -0.3 is 20.1 Å². The molecule has 0 unspecified atom stereocenters. The van der Waals surface area contributed by atoms with E-state index >= 15 is 0 Å². The number of para-hydroxylation sites is 1. The van der Waals surface area contributed by atoms with Crippen molar-refractivity contribution < 1.29 is 14.3 Å². The van der Waals surface area contributed by atoms with E-state index in [1.54, 1.807) is 18.4 Å². The molecule has 29 heavy (non-hydrogen) atoms. The smallest absolute Gasteiger partial charge is 0.341 e. The summed E-state index contributed by atoms with van der Waals surface area (Å²) in [5, 5.41) is 8.57. The highest BCUT2D eigenvalue weighted by Gasteiger charge is 2.42. The van der Waals surface area contributed by atoms with Crippen molar-refractivity contribution >= 4 is 49.0 Å². The van der Waals surface area contributed by atoms with Gasteiger partial charge in [-0.1, -0.05) is 17.4 Å². The number of esters is 1. The van der Waals surface area contributed by atoms with Gasteiger partial charge in [0.05, 0.1) is 24.5 Å². The summed E-state index contributed by atoms with van der Waals surface area (Å²) in [6.07, 6.45) is 0.752. The zero-order valence-electron chi connectivity index (χ0n) is 17.4. The summed E-state index contributed by atoms with van der Waals surface area (Å²) in [6, 6.07) is 5.85. The molecule has 1 aliphatic heterocycles. The average molecular weight is 432 g/mol. The topological polar surface area (TPSA) is 72.5 Å². The molecular formula is C21H25N3O3S2. The molecule has 3 heterocycles. The van der Waals surface area contributed by atoms with Crippen LogP contribution in [0, 0.1) is 0 Å². The first-order valence-electron chi connectivity index (χ1n) is 9.39. The molecule has 0 saturated carbocycles. The number of methoxy groups -OCH3 is 2. The summed E-state index contributed by atoms with van der Waals surface area (Å²) in [5.74, 6) is 0.412. The lowest BCUT2D eigenvalue weighted by atomic mass is 9.81. The van der Waals surface area contributed by atoms with Gasteiger partial charge in [-0.15, -0.1) is 11.3 Å². The third-order valence-electron chi connectivity index (χ3n) is 5.06. The van der Waals surface area contributed by atoms with Crippen LogP contribution in [0.4, 0.5) is 10.1 Å². The highest BCUT2D eigenvalue weighted by atomic mass is 32.1. The first kappa shape index (κ1) is 20.1. The van der Waals surface area contributed by atoms with Gasteiger partial charge in [0, 0.05) is 16.0 Å². The Morgan fingerprint density at radius 3 is 2.66 bits per heavy atom. The number of rotatable bonds is 4. The molecule has 3 aromatic rings. The lowest BCUT2D eigenvalue weighted by molar-refractivity contribution is 0.0600. The van der Waals surface area contributed by atoms with Gasteiger partial charge in [-0.3, -0.25) is 0 Å². The Morgan fingerprint density at radius 2 is 1.97 bits per heavy atom. The molecule has 8 heteroatoms. The summed E-state index contributed by atoms with van der Waals surface area (Å²) >= 11 is 3.12. The molecule has 0 radical (unpaired) electrons. The summed E-state index contributed by atoms with van der Waals surface area (Å²) in [4.78, 5) is 18.6. The fourth-order valence-electron chi connectivity index (χ4n) is 4.17. The molecule has 0 bridgehead atoms. The average Bonchev–Trinajstić information content (AvgIpc) is 3.20. The number of thiophene rings is 1. The van der Waals surface area contributed by atoms with Crippen molar-refractivity contribution in [2.24, 2.45) is 0 Å². The first-order valence-corrected chi connectivity index (χ1v) is 11.0. The highest BCUT2D eigenvalue weighted by Crippen LogP contribution is 2.46. The predicted octanol–water partition coefficient (Wildman–Crippen LogP) is 5.06. The maximum Gasteiger partial charge on any atom is 0.341 e. The molecule has 0 amide bonds. The second-order valence-electron chi connectivity index (χ2n) is 8.37. The van der Waals surface area contributed by atoms with E-state index in [9.17, 15) is 4.79 Å². The van der Waals surface area contributed by atoms with E-state index in [1.165, 1.54) is 18.4 Å². The number of anilines is 2. The summed E-state index contributed by atoms with van der Waals surface area (Å²) < 4.78 is 11.6. The number of nitrogens with zero attached hydrogens (tertiary/aromatic N) is 1. The van der Waals surface area contributed by atoms with Crippen LogP contribution in [0.1, 0.15) is 48.5 Å². The molecule has 2 aromatic heterocycles. The Bertz CT molecular complexity index is 1100. The van der Waals surface area contributed by atoms with Crippen LogP contribution in [0.2, 0.25) is 0 Å². The van der Waals surface area contributed by atoms with E-state index in [1.807, 2.05) is 18.2 Å². The molecule has 0 saturated heterocycles. The summed E-state index contributed by atoms with van der Waals surface area (Å²) in [7, 11) is 3.07. The Kier molecular flexibility index (Phi) is 4.83. The zero-order chi connectivity index (χ0) is 21.0. The fraction of sp³-hybridized carbons (Fsp3) is 0.429. The van der Waals surface area contributed by atoms with E-state index in [0.29, 0.717) is 5.56 Å². The maximum absolute atomic E-state index is 12.7. The normalized spacial score (nSPS) is 17.0. The fourth-order valence-corrected chi connectivity index (χ4v) is 6.39. The van der Waals surface area contributed by atoms with Crippen molar-refractivity contribution in [2.75, 3.05) is 19.5 Å². The van der Waals surface area contributed by atoms with E-state index < -0.39 is 0 Å². The van der Waals surface area contributed by atoms with Crippen molar-refractivity contribution in [1.82, 2.24) is 10.3 Å². The molecule has 2 N–H and O–H groups in total. The molecule has 0 fully saturated rings. The van der Waals surface area contributed by atoms with E-state index in [-0.39, 0.29) is 17.0 Å². The lowest BCUT2D eigenvalue weighted by Crippen LogP contribution is -2.55. The van der Waals surface area contributed by atoms with E-state index in [2.05, 4.69) is 38.3 Å². The highest BCUT2D eigenvalue weighted by molar-refractivity contribution is 7.23. The van der Waals surface area contributed by atoms with Gasteiger partial charge in [0.25, 0.3) is 0 Å². The lowest BCUT2D eigenvalue weighted by Gasteiger charge is -2.42. The zero-order valence-corrected chi connectivity index (χ0v) is 19.1. The number of thiazole rings is 1. The van der Waals surface area contributed by atoms with Crippen LogP contribution in [-0.4, -0.2) is 30.7 Å². The van der Waals surface area contributed by atoms with Gasteiger partial charge >= 0.3 is 5.97 Å². The Hall–Kier alpha value is -2.16. The summed E-state index contributed by atoms with van der Waals surface area (Å²) in [5.41, 5.74) is 2.10. The quantitative estimate of drug-likeness (QED) is 0.563. The second kappa shape index (κ2) is 6.97. The number of aromatic nitrogens is 1. The maximum atomic E-state index is 12.7. The number of fused-ring (bicyclic) bond motifs is 2. The number of nitrogens with one attached hydrogen (secondary N) is 2. The second-order valence-corrected chi connectivity index (χ2v) is 10.4. The van der Waals surface area contributed by atoms with Gasteiger partial charge in [-0.05, 0) is 51.8 Å². The van der Waals surface area contributed by atoms with Gasteiger partial charge in [0.1, 0.15) is 16.3 Å². The van der Waals surface area contributed by atoms with Gasteiger partial charge in [-0.2, -0.15) is 0 Å². The van der Waals surface area contributed by atoms with Crippen molar-refractivity contribution in [1.29, 1.82) is 0 Å². The van der Waals surface area contributed by atoms with Crippen LogP contribution in [0.25, 0.3) is 10.2 Å². The van der Waals surface area contributed by atoms with Crippen LogP contribution < -0.4 is 15.4 Å². The largest absolute Gasteiger partial charge is 0.494 e. The first-order chi connectivity index (χ1) is 13.6. The summed E-state index contributed by atoms with van der Waals surface area (Å²) in [6.45, 7) is 8.61. The molecule has 0 atom stereocenters. The number of benzene rings is 1. The molecule has 4 rings (SSSR count). The van der Waals surface area contributed by atoms with Crippen LogP contribution in [0.15, 0.2) is 18.2 Å². The van der Waals surface area contributed by atoms with Crippen molar-refractivity contribution in [3.05, 3.63) is 34.2 Å². The van der Waals surface area contributed by atoms with Crippen LogP contribution in [0.3, 0.4) is 0 Å². The van der Waals surface area contributed by atoms with E-state index in [4.69, 9.17) is 14.5 Å². The monoisotopic (exact) mass is 431 g/mol. The Balaban J connectivity index is 1.83. The molecule has 0 spiro atoms. The predicted molar refractivity (Wildman–Crippen MR) is 119 cm³/mol. The number of hydrogen-bond acceptors (Lipinski definition) is 8.